The highest BCUT2D eigenvalue weighted by Crippen LogP contribution is 2.25. The highest BCUT2D eigenvalue weighted by molar-refractivity contribution is 7.87. The average Bonchev–Trinajstić information content (AvgIpc) is 2.20. The van der Waals surface area contributed by atoms with Gasteiger partial charge in [-0.05, 0) is 13.3 Å². The van der Waals surface area contributed by atoms with Gasteiger partial charge in [0.15, 0.2) is 5.82 Å². The summed E-state index contributed by atoms with van der Waals surface area (Å²) in [5.74, 6) is -1.15. The Balaban J connectivity index is 3.03. The molecule has 7 heteroatoms. The van der Waals surface area contributed by atoms with Gasteiger partial charge in [0.05, 0.1) is 17.6 Å². The molecule has 0 aliphatic rings. The van der Waals surface area contributed by atoms with Crippen molar-refractivity contribution in [2.75, 3.05) is 0 Å². The number of nitrogens with zero attached hydrogens (tertiary/aromatic N) is 2. The highest BCUT2D eigenvalue weighted by Gasteiger charge is 2.31. The first-order valence-electron chi connectivity index (χ1n) is 4.77. The van der Waals surface area contributed by atoms with Crippen molar-refractivity contribution in [2.24, 2.45) is 0 Å². The summed E-state index contributed by atoms with van der Waals surface area (Å²) in [7, 11) is -4.65. The quantitative estimate of drug-likeness (QED) is 0.764. The molecule has 0 aromatic carbocycles. The minimum atomic E-state index is -4.65. The van der Waals surface area contributed by atoms with E-state index in [1.54, 1.807) is 6.92 Å². The molecule has 0 aliphatic carbocycles. The third kappa shape index (κ3) is 2.94. The third-order valence-electron chi connectivity index (χ3n) is 2.42. The maximum atomic E-state index is 12.8. The fourth-order valence-corrected chi connectivity index (χ4v) is 2.14. The molecule has 0 aliphatic heterocycles. The molecule has 1 heterocycles. The SMILES string of the molecule is CC[C@@H](c1ncc(F)cn1)[C@@H](C)S(=O)(=O)F. The Labute approximate surface area is 92.9 Å². The molecule has 0 spiro atoms. The molecule has 2 atom stereocenters. The Morgan fingerprint density at radius 1 is 1.38 bits per heavy atom. The van der Waals surface area contributed by atoms with Gasteiger partial charge in [0.1, 0.15) is 5.82 Å². The van der Waals surface area contributed by atoms with Gasteiger partial charge in [-0.25, -0.2) is 14.4 Å². The van der Waals surface area contributed by atoms with Gasteiger partial charge < -0.3 is 0 Å². The molecule has 1 aromatic heterocycles. The predicted octanol–water partition coefficient (Wildman–Crippen LogP) is 1.80. The van der Waals surface area contributed by atoms with Crippen LogP contribution in [0.25, 0.3) is 0 Å². The van der Waals surface area contributed by atoms with Crippen LogP contribution in [0, 0.1) is 5.82 Å². The van der Waals surface area contributed by atoms with Gasteiger partial charge in [-0.3, -0.25) is 0 Å². The lowest BCUT2D eigenvalue weighted by molar-refractivity contribution is 0.503. The van der Waals surface area contributed by atoms with Crippen LogP contribution < -0.4 is 0 Å². The largest absolute Gasteiger partial charge is 0.305 e. The van der Waals surface area contributed by atoms with Crippen LogP contribution in [0.1, 0.15) is 32.0 Å². The third-order valence-corrected chi connectivity index (χ3v) is 3.64. The summed E-state index contributed by atoms with van der Waals surface area (Å²) in [4.78, 5) is 7.33. The summed E-state index contributed by atoms with van der Waals surface area (Å²) >= 11 is 0. The predicted molar refractivity (Wildman–Crippen MR) is 54.5 cm³/mol. The van der Waals surface area contributed by atoms with E-state index in [9.17, 15) is 16.7 Å². The first kappa shape index (κ1) is 13.0. The summed E-state index contributed by atoms with van der Waals surface area (Å²) in [5.41, 5.74) is 0. The lowest BCUT2D eigenvalue weighted by Gasteiger charge is -2.17. The van der Waals surface area contributed by atoms with Gasteiger partial charge in [0.25, 0.3) is 0 Å². The Kier molecular flexibility index (Phi) is 3.90. The van der Waals surface area contributed by atoms with Crippen molar-refractivity contribution in [1.82, 2.24) is 9.97 Å². The maximum Gasteiger partial charge on any atom is 0.305 e. The zero-order valence-electron chi connectivity index (χ0n) is 8.89. The van der Waals surface area contributed by atoms with Crippen LogP contribution in [0.15, 0.2) is 12.4 Å². The van der Waals surface area contributed by atoms with E-state index in [4.69, 9.17) is 0 Å². The molecule has 0 unspecified atom stereocenters. The van der Waals surface area contributed by atoms with Gasteiger partial charge in [0.2, 0.25) is 0 Å². The number of hydrogen-bond acceptors (Lipinski definition) is 4. The fraction of sp³-hybridized carbons (Fsp3) is 0.556. The number of rotatable bonds is 4. The number of hydrogen-bond donors (Lipinski definition) is 0. The Morgan fingerprint density at radius 2 is 1.88 bits per heavy atom. The van der Waals surface area contributed by atoms with Crippen molar-refractivity contribution >= 4 is 10.2 Å². The number of halogens is 2. The fourth-order valence-electron chi connectivity index (χ4n) is 1.43. The van der Waals surface area contributed by atoms with Crippen molar-refractivity contribution in [1.29, 1.82) is 0 Å². The molecular weight excluding hydrogens is 238 g/mol. The summed E-state index contributed by atoms with van der Waals surface area (Å²) < 4.78 is 46.9. The second kappa shape index (κ2) is 4.82. The molecule has 16 heavy (non-hydrogen) atoms. The van der Waals surface area contributed by atoms with Crippen molar-refractivity contribution in [2.45, 2.75) is 31.4 Å². The molecule has 1 rings (SSSR count). The standard InChI is InChI=1S/C9H12F2N2O2S/c1-3-8(6(2)16(11,14)15)9-12-4-7(10)5-13-9/h4-6,8H,3H2,1-2H3/t6-,8-/m1/s1. The summed E-state index contributed by atoms with van der Waals surface area (Å²) in [6.45, 7) is 2.94. The average molecular weight is 250 g/mol. The molecule has 0 saturated heterocycles. The van der Waals surface area contributed by atoms with Gasteiger partial charge in [-0.15, -0.1) is 3.89 Å². The molecule has 0 saturated carbocycles. The highest BCUT2D eigenvalue weighted by atomic mass is 32.3. The Bertz CT molecular complexity index is 447. The van der Waals surface area contributed by atoms with Crippen molar-refractivity contribution in [3.8, 4) is 0 Å². The maximum absolute atomic E-state index is 12.8. The second-order valence-corrected chi connectivity index (χ2v) is 5.15. The number of aromatic nitrogens is 2. The molecule has 0 bridgehead atoms. The first-order chi connectivity index (χ1) is 7.36. The van der Waals surface area contributed by atoms with Gasteiger partial charge in [-0.1, -0.05) is 6.92 Å². The van der Waals surface area contributed by atoms with E-state index >= 15 is 0 Å². The minimum Gasteiger partial charge on any atom is -0.238 e. The van der Waals surface area contributed by atoms with Crippen LogP contribution in [-0.2, 0) is 10.2 Å². The van der Waals surface area contributed by atoms with Crippen molar-refractivity contribution < 1.29 is 16.7 Å². The summed E-state index contributed by atoms with van der Waals surface area (Å²) in [6, 6.07) is 0. The molecule has 90 valence electrons. The first-order valence-corrected chi connectivity index (χ1v) is 6.21. The van der Waals surface area contributed by atoms with Crippen LogP contribution in [0.4, 0.5) is 8.28 Å². The monoisotopic (exact) mass is 250 g/mol. The molecular formula is C9H12F2N2O2S. The van der Waals surface area contributed by atoms with E-state index in [0.29, 0.717) is 6.42 Å². The lowest BCUT2D eigenvalue weighted by Crippen LogP contribution is -2.23. The lowest BCUT2D eigenvalue weighted by atomic mass is 10.0. The van der Waals surface area contributed by atoms with E-state index < -0.39 is 27.2 Å². The smallest absolute Gasteiger partial charge is 0.238 e. The van der Waals surface area contributed by atoms with E-state index in [0.717, 1.165) is 12.4 Å². The van der Waals surface area contributed by atoms with Gasteiger partial charge in [-0.2, -0.15) is 8.42 Å². The van der Waals surface area contributed by atoms with Crippen molar-refractivity contribution in [3.05, 3.63) is 24.0 Å². The second-order valence-electron chi connectivity index (χ2n) is 3.45. The van der Waals surface area contributed by atoms with E-state index in [1.807, 2.05) is 0 Å². The van der Waals surface area contributed by atoms with Crippen LogP contribution in [-0.4, -0.2) is 23.6 Å². The van der Waals surface area contributed by atoms with Crippen LogP contribution in [0.3, 0.4) is 0 Å². The topological polar surface area (TPSA) is 59.9 Å². The van der Waals surface area contributed by atoms with Crippen molar-refractivity contribution in [3.63, 3.8) is 0 Å². The molecule has 0 radical (unpaired) electrons. The van der Waals surface area contributed by atoms with Crippen LogP contribution in [0.2, 0.25) is 0 Å². The van der Waals surface area contributed by atoms with Crippen LogP contribution >= 0.6 is 0 Å². The molecule has 0 amide bonds. The molecule has 4 nitrogen and oxygen atoms in total. The molecule has 1 aromatic rings. The zero-order valence-corrected chi connectivity index (χ0v) is 9.71. The summed E-state index contributed by atoms with van der Waals surface area (Å²) in [5, 5.41) is -1.23. The normalized spacial score (nSPS) is 15.8. The van der Waals surface area contributed by atoms with Gasteiger partial charge in [0, 0.05) is 5.92 Å². The van der Waals surface area contributed by atoms with Gasteiger partial charge >= 0.3 is 10.2 Å². The van der Waals surface area contributed by atoms with E-state index in [2.05, 4.69) is 9.97 Å². The molecule has 0 fully saturated rings. The Hall–Kier alpha value is -1.11. The van der Waals surface area contributed by atoms with Crippen LogP contribution in [0.5, 0.6) is 0 Å². The van der Waals surface area contributed by atoms with E-state index in [-0.39, 0.29) is 5.82 Å². The molecule has 0 N–H and O–H groups in total. The van der Waals surface area contributed by atoms with E-state index in [1.165, 1.54) is 6.92 Å². The summed E-state index contributed by atoms with van der Waals surface area (Å²) in [6.07, 6.45) is 2.22. The minimum absolute atomic E-state index is 0.137. The Morgan fingerprint density at radius 3 is 2.25 bits per heavy atom. The zero-order chi connectivity index (χ0) is 12.3.